The zero-order valence-electron chi connectivity index (χ0n) is 10.2. The topological polar surface area (TPSA) is 69.6 Å². The average Bonchev–Trinajstić information content (AvgIpc) is 2.46. The van der Waals surface area contributed by atoms with Crippen LogP contribution < -0.4 is 5.32 Å². The van der Waals surface area contributed by atoms with E-state index in [1.54, 1.807) is 48.5 Å². The van der Waals surface area contributed by atoms with Crippen LogP contribution in [0.4, 0.5) is 0 Å². The lowest BCUT2D eigenvalue weighted by Crippen LogP contribution is -2.39. The Morgan fingerprint density at radius 1 is 0.947 bits per heavy atom. The predicted molar refractivity (Wildman–Crippen MR) is 73.3 cm³/mol. The van der Waals surface area contributed by atoms with Crippen LogP contribution in [0.15, 0.2) is 60.7 Å². The van der Waals surface area contributed by atoms with E-state index in [0.717, 1.165) is 0 Å². The fraction of sp³-hybridized carbons (Fsp3) is 0.0714. The van der Waals surface area contributed by atoms with E-state index in [4.69, 9.17) is 0 Å². The molecule has 3 N–H and O–H groups in total. The maximum absolute atomic E-state index is 12.0. The van der Waals surface area contributed by atoms with Crippen molar-refractivity contribution in [2.75, 3.05) is 0 Å². The molecule has 0 aliphatic rings. The van der Waals surface area contributed by atoms with Gasteiger partial charge < -0.3 is 15.4 Å². The highest BCUT2D eigenvalue weighted by Crippen LogP contribution is 2.14. The molecule has 2 rings (SSSR count). The van der Waals surface area contributed by atoms with Crippen molar-refractivity contribution in [2.45, 2.75) is 5.94 Å². The SMILES string of the molecule is O=C(N[C@@H](B(O)O)c1ccccc1)c1ccccc1. The molecule has 0 spiro atoms. The van der Waals surface area contributed by atoms with Gasteiger partial charge in [0.25, 0.3) is 5.91 Å². The molecule has 0 aliphatic heterocycles. The maximum Gasteiger partial charge on any atom is 0.480 e. The number of nitrogens with one attached hydrogen (secondary N) is 1. The van der Waals surface area contributed by atoms with Gasteiger partial charge >= 0.3 is 7.12 Å². The Bertz CT molecular complexity index is 531. The second-order valence-corrected chi connectivity index (χ2v) is 4.14. The van der Waals surface area contributed by atoms with Gasteiger partial charge in [-0.15, -0.1) is 0 Å². The minimum atomic E-state index is -1.66. The molecule has 0 radical (unpaired) electrons. The van der Waals surface area contributed by atoms with E-state index in [1.165, 1.54) is 0 Å². The Hall–Kier alpha value is -2.11. The Morgan fingerprint density at radius 2 is 1.47 bits per heavy atom. The molecular weight excluding hydrogens is 241 g/mol. The summed E-state index contributed by atoms with van der Waals surface area (Å²) >= 11 is 0. The molecule has 1 atom stereocenters. The highest BCUT2D eigenvalue weighted by molar-refractivity contribution is 6.43. The standard InChI is InChI=1S/C14H14BNO3/c17-14(12-9-5-2-6-10-12)16-13(15(18)19)11-7-3-1-4-8-11/h1-10,13,18-19H,(H,16,17)/t13-/m1/s1. The molecule has 96 valence electrons. The molecular formula is C14H14BNO3. The van der Waals surface area contributed by atoms with Crippen LogP contribution >= 0.6 is 0 Å². The van der Waals surface area contributed by atoms with Crippen LogP contribution in [0.1, 0.15) is 21.9 Å². The molecule has 0 bridgehead atoms. The number of rotatable bonds is 4. The van der Waals surface area contributed by atoms with Crippen molar-refractivity contribution in [3.8, 4) is 0 Å². The van der Waals surface area contributed by atoms with E-state index >= 15 is 0 Å². The first-order valence-corrected chi connectivity index (χ1v) is 5.95. The average molecular weight is 255 g/mol. The van der Waals surface area contributed by atoms with Gasteiger partial charge in [0, 0.05) is 5.56 Å². The molecule has 0 aliphatic carbocycles. The first kappa shape index (κ1) is 13.3. The Morgan fingerprint density at radius 3 is 2.00 bits per heavy atom. The molecule has 5 heteroatoms. The number of carbonyl (C=O) groups excluding carboxylic acids is 1. The second kappa shape index (κ2) is 6.18. The van der Waals surface area contributed by atoms with Crippen molar-refractivity contribution >= 4 is 13.0 Å². The van der Waals surface area contributed by atoms with Gasteiger partial charge in [0.1, 0.15) is 0 Å². The number of hydrogen-bond donors (Lipinski definition) is 3. The van der Waals surface area contributed by atoms with E-state index < -0.39 is 13.1 Å². The zero-order chi connectivity index (χ0) is 13.7. The van der Waals surface area contributed by atoms with Gasteiger partial charge in [-0.05, 0) is 17.7 Å². The first-order chi connectivity index (χ1) is 9.18. The summed E-state index contributed by atoms with van der Waals surface area (Å²) in [6, 6.07) is 17.5. The summed E-state index contributed by atoms with van der Waals surface area (Å²) in [6.07, 6.45) is 0. The van der Waals surface area contributed by atoms with Crippen molar-refractivity contribution in [3.05, 3.63) is 71.8 Å². The molecule has 0 aromatic heterocycles. The summed E-state index contributed by atoms with van der Waals surface area (Å²) in [7, 11) is -1.66. The Labute approximate surface area is 111 Å². The van der Waals surface area contributed by atoms with Crippen LogP contribution in [-0.4, -0.2) is 23.1 Å². The van der Waals surface area contributed by atoms with Crippen LogP contribution in [0, 0.1) is 0 Å². The van der Waals surface area contributed by atoms with Crippen LogP contribution in [0.3, 0.4) is 0 Å². The van der Waals surface area contributed by atoms with E-state index in [0.29, 0.717) is 11.1 Å². The summed E-state index contributed by atoms with van der Waals surface area (Å²) in [5.41, 5.74) is 1.12. The van der Waals surface area contributed by atoms with Crippen molar-refractivity contribution < 1.29 is 14.8 Å². The third-order valence-corrected chi connectivity index (χ3v) is 2.78. The molecule has 19 heavy (non-hydrogen) atoms. The molecule has 0 saturated heterocycles. The lowest BCUT2D eigenvalue weighted by Gasteiger charge is -2.18. The largest absolute Gasteiger partial charge is 0.480 e. The molecule has 2 aromatic carbocycles. The number of carbonyl (C=O) groups is 1. The lowest BCUT2D eigenvalue weighted by atomic mass is 9.75. The highest BCUT2D eigenvalue weighted by atomic mass is 16.4. The van der Waals surface area contributed by atoms with E-state index in [1.807, 2.05) is 12.1 Å². The van der Waals surface area contributed by atoms with Gasteiger partial charge in [-0.2, -0.15) is 0 Å². The third kappa shape index (κ3) is 3.43. The van der Waals surface area contributed by atoms with Crippen LogP contribution in [0.2, 0.25) is 0 Å². The van der Waals surface area contributed by atoms with Crippen LogP contribution in [0.25, 0.3) is 0 Å². The third-order valence-electron chi connectivity index (χ3n) is 2.78. The van der Waals surface area contributed by atoms with E-state index in [-0.39, 0.29) is 5.91 Å². The number of hydrogen-bond acceptors (Lipinski definition) is 3. The van der Waals surface area contributed by atoms with Gasteiger partial charge in [-0.3, -0.25) is 4.79 Å². The monoisotopic (exact) mass is 255 g/mol. The van der Waals surface area contributed by atoms with E-state index in [9.17, 15) is 14.8 Å². The molecule has 0 fully saturated rings. The minimum absolute atomic E-state index is 0.345. The van der Waals surface area contributed by atoms with Gasteiger partial charge in [0.15, 0.2) is 0 Å². The molecule has 2 aromatic rings. The van der Waals surface area contributed by atoms with Crippen molar-refractivity contribution in [2.24, 2.45) is 0 Å². The van der Waals surface area contributed by atoms with Gasteiger partial charge in [-0.1, -0.05) is 48.5 Å². The number of benzene rings is 2. The molecule has 0 saturated carbocycles. The zero-order valence-corrected chi connectivity index (χ0v) is 10.2. The van der Waals surface area contributed by atoms with Crippen molar-refractivity contribution in [1.82, 2.24) is 5.32 Å². The predicted octanol–water partition coefficient (Wildman–Crippen LogP) is 1.17. The fourth-order valence-corrected chi connectivity index (χ4v) is 1.80. The maximum atomic E-state index is 12.0. The normalized spacial score (nSPS) is 11.7. The molecule has 0 heterocycles. The van der Waals surface area contributed by atoms with Crippen molar-refractivity contribution in [1.29, 1.82) is 0 Å². The first-order valence-electron chi connectivity index (χ1n) is 5.95. The number of amides is 1. The lowest BCUT2D eigenvalue weighted by molar-refractivity contribution is 0.0942. The minimum Gasteiger partial charge on any atom is -0.426 e. The highest BCUT2D eigenvalue weighted by Gasteiger charge is 2.27. The van der Waals surface area contributed by atoms with Gasteiger partial charge in [-0.25, -0.2) is 0 Å². The molecule has 4 nitrogen and oxygen atoms in total. The van der Waals surface area contributed by atoms with Gasteiger partial charge in [0.2, 0.25) is 0 Å². The summed E-state index contributed by atoms with van der Waals surface area (Å²) in [6.45, 7) is 0. The summed E-state index contributed by atoms with van der Waals surface area (Å²) < 4.78 is 0. The Balaban J connectivity index is 2.17. The fourth-order valence-electron chi connectivity index (χ4n) is 1.80. The summed E-state index contributed by atoms with van der Waals surface area (Å²) in [5, 5.41) is 21.4. The van der Waals surface area contributed by atoms with Crippen molar-refractivity contribution in [3.63, 3.8) is 0 Å². The summed E-state index contributed by atoms with van der Waals surface area (Å²) in [5.74, 6) is -1.20. The van der Waals surface area contributed by atoms with Crippen LogP contribution in [0.5, 0.6) is 0 Å². The van der Waals surface area contributed by atoms with Gasteiger partial charge in [0.05, 0.1) is 5.94 Å². The quantitative estimate of drug-likeness (QED) is 0.718. The second-order valence-electron chi connectivity index (χ2n) is 4.14. The molecule has 1 amide bonds. The van der Waals surface area contributed by atoms with E-state index in [2.05, 4.69) is 5.32 Å². The molecule has 0 unspecified atom stereocenters. The summed E-state index contributed by atoms with van der Waals surface area (Å²) in [4.78, 5) is 12.0. The Kier molecular flexibility index (Phi) is 4.33. The van der Waals surface area contributed by atoms with Crippen LogP contribution in [-0.2, 0) is 0 Å². The smallest absolute Gasteiger partial charge is 0.426 e.